The molecule has 1 atom stereocenters. The minimum absolute atomic E-state index is 0.225. The van der Waals surface area contributed by atoms with Gasteiger partial charge in [-0.1, -0.05) is 46.3 Å². The topological polar surface area (TPSA) is 17.8 Å². The van der Waals surface area contributed by atoms with Gasteiger partial charge in [0.05, 0.1) is 17.3 Å². The average Bonchev–Trinajstić information content (AvgIpc) is 2.97. The summed E-state index contributed by atoms with van der Waals surface area (Å²) in [6.07, 6.45) is 3.79. The highest BCUT2D eigenvalue weighted by Crippen LogP contribution is 2.34. The number of aryl methyl sites for hydroxylation is 1. The summed E-state index contributed by atoms with van der Waals surface area (Å²) in [5.74, 6) is 0. The summed E-state index contributed by atoms with van der Waals surface area (Å²) in [6, 6.07) is 16.2. The molecule has 0 aliphatic heterocycles. The zero-order chi connectivity index (χ0) is 14.8. The molecule has 0 radical (unpaired) electrons. The van der Waals surface area contributed by atoms with Crippen molar-refractivity contribution < 1.29 is 0 Å². The van der Waals surface area contributed by atoms with Gasteiger partial charge in [-0.05, 0) is 36.2 Å². The van der Waals surface area contributed by atoms with E-state index in [1.54, 1.807) is 0 Å². The van der Waals surface area contributed by atoms with Gasteiger partial charge in [0.1, 0.15) is 0 Å². The number of rotatable bonds is 3. The molecule has 0 saturated carbocycles. The molecule has 1 heterocycles. The second kappa shape index (κ2) is 6.04. The van der Waals surface area contributed by atoms with Gasteiger partial charge >= 0.3 is 0 Å². The maximum Gasteiger partial charge on any atom is 0.0876 e. The van der Waals surface area contributed by atoms with E-state index in [9.17, 15) is 0 Å². The van der Waals surface area contributed by atoms with E-state index in [0.29, 0.717) is 0 Å². The number of alkyl halides is 1. The Morgan fingerprint density at radius 2 is 1.90 bits per heavy atom. The molecule has 1 aromatic heterocycles. The first-order valence-corrected chi connectivity index (χ1v) is 7.88. The number of benzene rings is 2. The molecule has 21 heavy (non-hydrogen) atoms. The lowest BCUT2D eigenvalue weighted by atomic mass is 10.1. The third-order valence-corrected chi connectivity index (χ3v) is 4.52. The van der Waals surface area contributed by atoms with Crippen molar-refractivity contribution in [3.05, 3.63) is 82.1 Å². The lowest BCUT2D eigenvalue weighted by Crippen LogP contribution is -1.95. The molecular weight excluding hydrogens is 348 g/mol. The molecule has 0 spiro atoms. The number of hydrogen-bond acceptors (Lipinski definition) is 1. The van der Waals surface area contributed by atoms with Gasteiger partial charge in [-0.3, -0.25) is 0 Å². The first-order valence-electron chi connectivity index (χ1n) is 6.65. The summed E-state index contributed by atoms with van der Waals surface area (Å²) in [6.45, 7) is 2.06. The number of halogens is 2. The predicted molar refractivity (Wildman–Crippen MR) is 90.1 cm³/mol. The number of hydrogen-bond donors (Lipinski definition) is 0. The van der Waals surface area contributed by atoms with Crippen molar-refractivity contribution in [2.75, 3.05) is 0 Å². The second-order valence-electron chi connectivity index (χ2n) is 4.94. The highest BCUT2D eigenvalue weighted by atomic mass is 79.9. The summed E-state index contributed by atoms with van der Waals surface area (Å²) in [7, 11) is 0. The van der Waals surface area contributed by atoms with Crippen LogP contribution in [0, 0.1) is 6.92 Å². The van der Waals surface area contributed by atoms with Crippen LogP contribution in [0.3, 0.4) is 0 Å². The van der Waals surface area contributed by atoms with Crippen LogP contribution in [0.5, 0.6) is 0 Å². The van der Waals surface area contributed by atoms with Crippen LogP contribution in [0.25, 0.3) is 5.69 Å². The van der Waals surface area contributed by atoms with Crippen LogP contribution in [-0.2, 0) is 0 Å². The van der Waals surface area contributed by atoms with Crippen molar-refractivity contribution in [1.82, 2.24) is 9.78 Å². The van der Waals surface area contributed by atoms with Crippen molar-refractivity contribution in [2.24, 2.45) is 0 Å². The van der Waals surface area contributed by atoms with Crippen molar-refractivity contribution in [1.29, 1.82) is 0 Å². The second-order valence-corrected chi connectivity index (χ2v) is 6.23. The van der Waals surface area contributed by atoms with E-state index in [2.05, 4.69) is 46.2 Å². The monoisotopic (exact) mass is 360 g/mol. The lowest BCUT2D eigenvalue weighted by Gasteiger charge is -2.10. The molecule has 0 aliphatic rings. The fraction of sp³-hybridized carbons (Fsp3) is 0.118. The molecule has 2 aromatic carbocycles. The molecule has 1 unspecified atom stereocenters. The lowest BCUT2D eigenvalue weighted by molar-refractivity contribution is 0.880. The summed E-state index contributed by atoms with van der Waals surface area (Å²) in [4.78, 5) is 0. The molecule has 0 bridgehead atoms. The molecule has 3 aromatic rings. The zero-order valence-electron chi connectivity index (χ0n) is 11.5. The Labute approximate surface area is 137 Å². The zero-order valence-corrected chi connectivity index (χ0v) is 13.8. The fourth-order valence-corrected chi connectivity index (χ4v) is 3.36. The van der Waals surface area contributed by atoms with Crippen molar-refractivity contribution in [3.8, 4) is 5.69 Å². The van der Waals surface area contributed by atoms with E-state index in [0.717, 1.165) is 21.3 Å². The molecule has 4 heteroatoms. The van der Waals surface area contributed by atoms with Crippen LogP contribution < -0.4 is 0 Å². The van der Waals surface area contributed by atoms with Gasteiger partial charge in [-0.25, -0.2) is 4.68 Å². The number of nitrogens with zero attached hydrogens (tertiary/aromatic N) is 2. The van der Waals surface area contributed by atoms with Gasteiger partial charge in [0, 0.05) is 16.2 Å². The maximum absolute atomic E-state index is 6.61. The van der Waals surface area contributed by atoms with Gasteiger partial charge in [-0.2, -0.15) is 5.10 Å². The maximum atomic E-state index is 6.61. The predicted octanol–water partition coefficient (Wildman–Crippen LogP) is 5.27. The van der Waals surface area contributed by atoms with Crippen molar-refractivity contribution in [3.63, 3.8) is 0 Å². The highest BCUT2D eigenvalue weighted by Gasteiger charge is 2.16. The standard InChI is InChI=1S/C17H14BrClN2/c1-12-7-8-15(16(18)9-12)17(19)13-10-20-21(11-13)14-5-3-2-4-6-14/h2-11,17H,1H3. The van der Waals surface area contributed by atoms with Crippen LogP contribution in [-0.4, -0.2) is 9.78 Å². The normalized spacial score (nSPS) is 12.3. The van der Waals surface area contributed by atoms with Crippen molar-refractivity contribution in [2.45, 2.75) is 12.3 Å². The van der Waals surface area contributed by atoms with Gasteiger partial charge in [0.15, 0.2) is 0 Å². The minimum Gasteiger partial charge on any atom is -0.241 e. The summed E-state index contributed by atoms with van der Waals surface area (Å²) in [5, 5.41) is 4.17. The highest BCUT2D eigenvalue weighted by molar-refractivity contribution is 9.10. The van der Waals surface area contributed by atoms with Gasteiger partial charge in [0.2, 0.25) is 0 Å². The van der Waals surface area contributed by atoms with Crippen LogP contribution in [0.4, 0.5) is 0 Å². The van der Waals surface area contributed by atoms with Gasteiger partial charge in [0.25, 0.3) is 0 Å². The van der Waals surface area contributed by atoms with Crippen LogP contribution >= 0.6 is 27.5 Å². The van der Waals surface area contributed by atoms with E-state index in [1.807, 2.05) is 47.4 Å². The summed E-state index contributed by atoms with van der Waals surface area (Å²) >= 11 is 10.2. The Morgan fingerprint density at radius 3 is 2.62 bits per heavy atom. The molecule has 106 valence electrons. The van der Waals surface area contributed by atoms with Gasteiger partial charge in [-0.15, -0.1) is 11.6 Å². The smallest absolute Gasteiger partial charge is 0.0876 e. The third-order valence-electron chi connectivity index (χ3n) is 3.34. The molecule has 0 fully saturated rings. The van der Waals surface area contributed by atoms with E-state index >= 15 is 0 Å². The first-order chi connectivity index (χ1) is 10.1. The molecular formula is C17H14BrClN2. The number of para-hydroxylation sites is 1. The van der Waals surface area contributed by atoms with E-state index in [-0.39, 0.29) is 5.38 Å². The van der Waals surface area contributed by atoms with Crippen molar-refractivity contribution >= 4 is 27.5 Å². The Kier molecular flexibility index (Phi) is 4.13. The molecule has 0 N–H and O–H groups in total. The fourth-order valence-electron chi connectivity index (χ4n) is 2.21. The van der Waals surface area contributed by atoms with Crippen LogP contribution in [0.15, 0.2) is 65.4 Å². The average molecular weight is 362 g/mol. The number of aromatic nitrogens is 2. The Balaban J connectivity index is 1.92. The van der Waals surface area contributed by atoms with E-state index < -0.39 is 0 Å². The Hall–Kier alpha value is -1.58. The molecule has 2 nitrogen and oxygen atoms in total. The quantitative estimate of drug-likeness (QED) is 0.581. The van der Waals surface area contributed by atoms with Crippen LogP contribution in [0.1, 0.15) is 22.1 Å². The summed E-state index contributed by atoms with van der Waals surface area (Å²) < 4.78 is 2.86. The third kappa shape index (κ3) is 3.04. The minimum atomic E-state index is -0.225. The molecule has 0 amide bonds. The van der Waals surface area contributed by atoms with Crippen LogP contribution in [0.2, 0.25) is 0 Å². The van der Waals surface area contributed by atoms with Gasteiger partial charge < -0.3 is 0 Å². The molecule has 0 aliphatic carbocycles. The Bertz CT molecular complexity index is 752. The van der Waals surface area contributed by atoms with E-state index in [1.165, 1.54) is 5.56 Å². The first kappa shape index (κ1) is 14.4. The SMILES string of the molecule is Cc1ccc(C(Cl)c2cnn(-c3ccccc3)c2)c(Br)c1. The molecule has 3 rings (SSSR count). The van der Waals surface area contributed by atoms with E-state index in [4.69, 9.17) is 11.6 Å². The molecule has 0 saturated heterocycles. The summed E-state index contributed by atoms with van der Waals surface area (Å²) in [5.41, 5.74) is 4.25. The Morgan fingerprint density at radius 1 is 1.14 bits per heavy atom. The largest absolute Gasteiger partial charge is 0.241 e.